The predicted molar refractivity (Wildman–Crippen MR) is 87.3 cm³/mol. The minimum atomic E-state index is 0.218. The zero-order valence-electron chi connectivity index (χ0n) is 13.9. The number of aryl methyl sites for hydroxylation is 1. The third-order valence-corrected chi connectivity index (χ3v) is 3.82. The summed E-state index contributed by atoms with van der Waals surface area (Å²) >= 11 is 0. The van der Waals surface area contributed by atoms with E-state index in [4.69, 9.17) is 9.47 Å². The molecule has 1 aliphatic rings. The van der Waals surface area contributed by atoms with E-state index in [1.54, 1.807) is 0 Å². The van der Waals surface area contributed by atoms with Crippen LogP contribution in [-0.4, -0.2) is 25.3 Å². The first kappa shape index (κ1) is 16.2. The standard InChI is InChI=1S/C18H29NO2/c1-14(9-10-19-18(2,3)4)5-6-15-7-8-16-17(13-15)21-12-11-20-16/h7-8,13-14,19H,5-6,9-12H2,1-4H3. The summed E-state index contributed by atoms with van der Waals surface area (Å²) in [7, 11) is 0. The van der Waals surface area contributed by atoms with Gasteiger partial charge in [0.1, 0.15) is 13.2 Å². The van der Waals surface area contributed by atoms with Crippen LogP contribution in [0.25, 0.3) is 0 Å². The minimum Gasteiger partial charge on any atom is -0.486 e. The third kappa shape index (κ3) is 5.58. The second-order valence-corrected chi connectivity index (χ2v) is 7.09. The zero-order chi connectivity index (χ0) is 15.3. The number of hydrogen-bond donors (Lipinski definition) is 1. The lowest BCUT2D eigenvalue weighted by molar-refractivity contribution is 0.171. The molecule has 0 aromatic heterocycles. The average molecular weight is 291 g/mol. The second kappa shape index (κ2) is 7.17. The molecule has 0 amide bonds. The van der Waals surface area contributed by atoms with Gasteiger partial charge in [-0.2, -0.15) is 0 Å². The Bertz CT molecular complexity index is 451. The van der Waals surface area contributed by atoms with Crippen molar-refractivity contribution in [1.29, 1.82) is 0 Å². The lowest BCUT2D eigenvalue weighted by Gasteiger charge is -2.22. The van der Waals surface area contributed by atoms with Crippen LogP contribution in [0.1, 0.15) is 46.1 Å². The number of ether oxygens (including phenoxy) is 2. The van der Waals surface area contributed by atoms with E-state index in [-0.39, 0.29) is 5.54 Å². The molecular formula is C18H29NO2. The maximum atomic E-state index is 5.64. The molecule has 1 aromatic rings. The number of benzene rings is 1. The number of rotatable bonds is 6. The van der Waals surface area contributed by atoms with Crippen molar-refractivity contribution in [2.75, 3.05) is 19.8 Å². The van der Waals surface area contributed by atoms with Gasteiger partial charge in [0.05, 0.1) is 0 Å². The van der Waals surface area contributed by atoms with Gasteiger partial charge in [-0.1, -0.05) is 13.0 Å². The average Bonchev–Trinajstić information content (AvgIpc) is 2.43. The van der Waals surface area contributed by atoms with Gasteiger partial charge in [-0.05, 0) is 70.2 Å². The lowest BCUT2D eigenvalue weighted by Crippen LogP contribution is -2.36. The normalized spacial score (nSPS) is 15.8. The summed E-state index contributed by atoms with van der Waals surface area (Å²) < 4.78 is 11.2. The first-order valence-electron chi connectivity index (χ1n) is 8.07. The Morgan fingerprint density at radius 1 is 1.10 bits per heavy atom. The van der Waals surface area contributed by atoms with Crippen molar-refractivity contribution in [2.45, 2.75) is 52.5 Å². The van der Waals surface area contributed by atoms with Crippen LogP contribution >= 0.6 is 0 Å². The Balaban J connectivity index is 1.75. The van der Waals surface area contributed by atoms with Gasteiger partial charge in [-0.15, -0.1) is 0 Å². The van der Waals surface area contributed by atoms with Crippen molar-refractivity contribution in [1.82, 2.24) is 5.32 Å². The monoisotopic (exact) mass is 291 g/mol. The van der Waals surface area contributed by atoms with Crippen LogP contribution in [0.15, 0.2) is 18.2 Å². The second-order valence-electron chi connectivity index (χ2n) is 7.09. The van der Waals surface area contributed by atoms with Crippen molar-refractivity contribution in [2.24, 2.45) is 5.92 Å². The Morgan fingerprint density at radius 2 is 1.81 bits per heavy atom. The first-order chi connectivity index (χ1) is 9.94. The van der Waals surface area contributed by atoms with Crippen LogP contribution in [0, 0.1) is 5.92 Å². The van der Waals surface area contributed by atoms with Gasteiger partial charge in [0.2, 0.25) is 0 Å². The van der Waals surface area contributed by atoms with Gasteiger partial charge in [-0.25, -0.2) is 0 Å². The van der Waals surface area contributed by atoms with Crippen LogP contribution < -0.4 is 14.8 Å². The molecule has 0 spiro atoms. The van der Waals surface area contributed by atoms with E-state index in [0.29, 0.717) is 13.2 Å². The fourth-order valence-electron chi connectivity index (χ4n) is 2.49. The van der Waals surface area contributed by atoms with Crippen LogP contribution in [0.5, 0.6) is 11.5 Å². The fourth-order valence-corrected chi connectivity index (χ4v) is 2.49. The van der Waals surface area contributed by atoms with Gasteiger partial charge in [-0.3, -0.25) is 0 Å². The summed E-state index contributed by atoms with van der Waals surface area (Å²) in [5.74, 6) is 2.52. The summed E-state index contributed by atoms with van der Waals surface area (Å²) in [6.45, 7) is 11.4. The molecule has 1 N–H and O–H groups in total. The quantitative estimate of drug-likeness (QED) is 0.864. The predicted octanol–water partition coefficient (Wildman–Crippen LogP) is 3.80. The molecule has 1 unspecified atom stereocenters. The molecule has 21 heavy (non-hydrogen) atoms. The van der Waals surface area contributed by atoms with E-state index < -0.39 is 0 Å². The molecule has 1 aliphatic heterocycles. The number of fused-ring (bicyclic) bond motifs is 1. The summed E-state index contributed by atoms with van der Waals surface area (Å²) in [6, 6.07) is 6.33. The van der Waals surface area contributed by atoms with E-state index in [9.17, 15) is 0 Å². The molecule has 1 aromatic carbocycles. The highest BCUT2D eigenvalue weighted by atomic mass is 16.6. The Labute approximate surface area is 129 Å². The highest BCUT2D eigenvalue weighted by Gasteiger charge is 2.13. The molecule has 0 saturated heterocycles. The molecule has 3 nitrogen and oxygen atoms in total. The van der Waals surface area contributed by atoms with Crippen molar-refractivity contribution >= 4 is 0 Å². The molecule has 118 valence electrons. The van der Waals surface area contributed by atoms with Crippen molar-refractivity contribution in [3.05, 3.63) is 23.8 Å². The summed E-state index contributed by atoms with van der Waals surface area (Å²) in [4.78, 5) is 0. The van der Waals surface area contributed by atoms with Gasteiger partial charge in [0.25, 0.3) is 0 Å². The fraction of sp³-hybridized carbons (Fsp3) is 0.667. The highest BCUT2D eigenvalue weighted by Crippen LogP contribution is 2.31. The lowest BCUT2D eigenvalue weighted by atomic mass is 9.97. The van der Waals surface area contributed by atoms with Crippen molar-refractivity contribution < 1.29 is 9.47 Å². The molecular weight excluding hydrogens is 262 g/mol. The zero-order valence-corrected chi connectivity index (χ0v) is 13.9. The van der Waals surface area contributed by atoms with Gasteiger partial charge in [0.15, 0.2) is 11.5 Å². The van der Waals surface area contributed by atoms with E-state index >= 15 is 0 Å². The Morgan fingerprint density at radius 3 is 2.52 bits per heavy atom. The van der Waals surface area contributed by atoms with E-state index in [1.165, 1.54) is 18.4 Å². The molecule has 0 bridgehead atoms. The molecule has 0 aliphatic carbocycles. The van der Waals surface area contributed by atoms with Gasteiger partial charge >= 0.3 is 0 Å². The molecule has 2 rings (SSSR count). The van der Waals surface area contributed by atoms with Crippen LogP contribution in [0.3, 0.4) is 0 Å². The highest BCUT2D eigenvalue weighted by molar-refractivity contribution is 5.43. The summed E-state index contributed by atoms with van der Waals surface area (Å²) in [6.07, 6.45) is 3.54. The van der Waals surface area contributed by atoms with Crippen molar-refractivity contribution in [3.8, 4) is 11.5 Å². The molecule has 3 heteroatoms. The third-order valence-electron chi connectivity index (χ3n) is 3.82. The molecule has 1 heterocycles. The van der Waals surface area contributed by atoms with Gasteiger partial charge in [0, 0.05) is 5.54 Å². The van der Waals surface area contributed by atoms with Crippen molar-refractivity contribution in [3.63, 3.8) is 0 Å². The molecule has 0 fully saturated rings. The largest absolute Gasteiger partial charge is 0.486 e. The smallest absolute Gasteiger partial charge is 0.161 e. The van der Waals surface area contributed by atoms with Crippen LogP contribution in [0.4, 0.5) is 0 Å². The Kier molecular flexibility index (Phi) is 5.51. The topological polar surface area (TPSA) is 30.5 Å². The van der Waals surface area contributed by atoms with Gasteiger partial charge < -0.3 is 14.8 Å². The Hall–Kier alpha value is -1.22. The number of hydrogen-bond acceptors (Lipinski definition) is 3. The van der Waals surface area contributed by atoms with E-state index in [0.717, 1.165) is 30.4 Å². The molecule has 1 atom stereocenters. The first-order valence-corrected chi connectivity index (χ1v) is 8.07. The summed E-state index contributed by atoms with van der Waals surface area (Å²) in [5.41, 5.74) is 1.56. The SMILES string of the molecule is CC(CCNC(C)(C)C)CCc1ccc2c(c1)OCCO2. The maximum Gasteiger partial charge on any atom is 0.161 e. The maximum absolute atomic E-state index is 5.64. The molecule has 0 radical (unpaired) electrons. The van der Waals surface area contributed by atoms with E-state index in [2.05, 4.69) is 45.1 Å². The van der Waals surface area contributed by atoms with Crippen LogP contribution in [-0.2, 0) is 6.42 Å². The van der Waals surface area contributed by atoms with Crippen LogP contribution in [0.2, 0.25) is 0 Å². The van der Waals surface area contributed by atoms with E-state index in [1.807, 2.05) is 6.07 Å². The number of nitrogens with one attached hydrogen (secondary N) is 1. The summed E-state index contributed by atoms with van der Waals surface area (Å²) in [5, 5.41) is 3.56. The minimum absolute atomic E-state index is 0.218. The molecule has 0 saturated carbocycles.